The van der Waals surface area contributed by atoms with Gasteiger partial charge in [0.2, 0.25) is 0 Å². The van der Waals surface area contributed by atoms with Crippen LogP contribution in [0.25, 0.3) is 22.3 Å². The number of aromatic nitrogens is 4. The smallest absolute Gasteiger partial charge is 0.309 e. The molecule has 9 nitrogen and oxygen atoms in total. The summed E-state index contributed by atoms with van der Waals surface area (Å²) >= 11 is 0. The van der Waals surface area contributed by atoms with Crippen molar-refractivity contribution in [3.8, 4) is 22.8 Å². The largest absolute Gasteiger partial charge is 0.497 e. The average Bonchev–Trinajstić information content (AvgIpc) is 3.70. The second-order valence-corrected chi connectivity index (χ2v) is 12.8. The fraction of sp³-hybridized carbons (Fsp3) is 0.471. The number of ether oxygens (including phenoxy) is 3. The molecule has 0 radical (unpaired) electrons. The van der Waals surface area contributed by atoms with Gasteiger partial charge in [-0.2, -0.15) is 5.10 Å². The molecule has 0 amide bonds. The van der Waals surface area contributed by atoms with Crippen LogP contribution in [0.3, 0.4) is 0 Å². The molecule has 0 N–H and O–H groups in total. The maximum Gasteiger partial charge on any atom is 0.309 e. The summed E-state index contributed by atoms with van der Waals surface area (Å²) in [6, 6.07) is 12.5. The second kappa shape index (κ2) is 11.9. The molecular formula is C34H41N5O4. The Labute approximate surface area is 253 Å². The molecule has 226 valence electrons. The molecule has 2 aromatic heterocycles. The van der Waals surface area contributed by atoms with Crippen LogP contribution in [0.1, 0.15) is 65.3 Å². The number of rotatable bonds is 9. The van der Waals surface area contributed by atoms with Crippen LogP contribution in [0.15, 0.2) is 55.0 Å². The first-order chi connectivity index (χ1) is 20.7. The zero-order valence-electron chi connectivity index (χ0n) is 25.7. The summed E-state index contributed by atoms with van der Waals surface area (Å²) in [5, 5.41) is 4.68. The number of benzene rings is 2. The second-order valence-electron chi connectivity index (χ2n) is 12.8. The van der Waals surface area contributed by atoms with Gasteiger partial charge in [0.25, 0.3) is 0 Å². The quantitative estimate of drug-likeness (QED) is 0.192. The lowest BCUT2D eigenvalue weighted by Gasteiger charge is -2.29. The molecule has 9 heteroatoms. The van der Waals surface area contributed by atoms with Crippen LogP contribution in [0.2, 0.25) is 0 Å². The van der Waals surface area contributed by atoms with Gasteiger partial charge < -0.3 is 19.1 Å². The number of methoxy groups -OCH3 is 2. The molecule has 6 rings (SSSR count). The van der Waals surface area contributed by atoms with Gasteiger partial charge in [-0.25, -0.2) is 4.98 Å². The summed E-state index contributed by atoms with van der Waals surface area (Å²) in [5.41, 5.74) is 5.01. The van der Waals surface area contributed by atoms with Gasteiger partial charge in [0.15, 0.2) is 0 Å². The third-order valence-corrected chi connectivity index (χ3v) is 8.33. The Kier molecular flexibility index (Phi) is 7.99. The Morgan fingerprint density at radius 3 is 2.28 bits per heavy atom. The maximum absolute atomic E-state index is 12.5. The number of esters is 1. The average molecular weight is 584 g/mol. The summed E-state index contributed by atoms with van der Waals surface area (Å²) in [6.07, 6.45) is 11.6. The number of hydrogen-bond donors (Lipinski definition) is 0. The highest BCUT2D eigenvalue weighted by atomic mass is 16.6. The normalized spacial score (nSPS) is 18.8. The summed E-state index contributed by atoms with van der Waals surface area (Å²) in [4.78, 5) is 24.6. The van der Waals surface area contributed by atoms with Crippen molar-refractivity contribution < 1.29 is 19.0 Å². The van der Waals surface area contributed by atoms with Crippen molar-refractivity contribution in [1.29, 1.82) is 0 Å². The fourth-order valence-electron chi connectivity index (χ4n) is 5.80. The van der Waals surface area contributed by atoms with Crippen molar-refractivity contribution >= 4 is 28.4 Å². The van der Waals surface area contributed by atoms with Crippen LogP contribution < -0.4 is 14.4 Å². The van der Waals surface area contributed by atoms with Gasteiger partial charge in [-0.1, -0.05) is 0 Å². The summed E-state index contributed by atoms with van der Waals surface area (Å²) in [5.74, 6) is 2.06. The predicted molar refractivity (Wildman–Crippen MR) is 167 cm³/mol. The van der Waals surface area contributed by atoms with E-state index in [-0.39, 0.29) is 17.9 Å². The van der Waals surface area contributed by atoms with Crippen molar-refractivity contribution in [1.82, 2.24) is 19.7 Å². The summed E-state index contributed by atoms with van der Waals surface area (Å²) < 4.78 is 18.8. The fourth-order valence-corrected chi connectivity index (χ4v) is 5.80. The van der Waals surface area contributed by atoms with Gasteiger partial charge in [-0.05, 0) is 83.4 Å². The minimum atomic E-state index is -0.454. The molecule has 0 aliphatic heterocycles. The van der Waals surface area contributed by atoms with Crippen molar-refractivity contribution in [3.05, 3.63) is 55.0 Å². The summed E-state index contributed by atoms with van der Waals surface area (Å²) in [6.45, 7) is 6.67. The number of fused-ring (bicyclic) bond motifs is 1. The standard InChI is InChI=1S/C34H41N5O4/c1-34(2,3)43-33(40)23-8-10-25(11-9-23)39-21-24(18-36-39)32-19-35-30-13-12-26(16-31(30)37-32)38(20-22-6-7-22)27-14-28(41-4)17-29(15-27)42-5/h12-19,21-23,25H,6-11,20H2,1-5H3. The molecular weight excluding hydrogens is 542 g/mol. The molecule has 0 atom stereocenters. The van der Waals surface area contributed by atoms with Crippen LogP contribution in [0.4, 0.5) is 11.4 Å². The first kappa shape index (κ1) is 29.0. The molecule has 0 bridgehead atoms. The van der Waals surface area contributed by atoms with E-state index in [0.29, 0.717) is 5.92 Å². The van der Waals surface area contributed by atoms with E-state index in [9.17, 15) is 4.79 Å². The van der Waals surface area contributed by atoms with Crippen molar-refractivity contribution in [2.24, 2.45) is 11.8 Å². The predicted octanol–water partition coefficient (Wildman–Crippen LogP) is 7.13. The van der Waals surface area contributed by atoms with Crippen LogP contribution >= 0.6 is 0 Å². The molecule has 0 unspecified atom stereocenters. The summed E-state index contributed by atoms with van der Waals surface area (Å²) in [7, 11) is 3.35. The van der Waals surface area contributed by atoms with E-state index >= 15 is 0 Å². The molecule has 2 aliphatic rings. The number of carbonyl (C=O) groups excluding carboxylic acids is 1. The van der Waals surface area contributed by atoms with Gasteiger partial charge in [0, 0.05) is 47.9 Å². The van der Waals surface area contributed by atoms with Crippen molar-refractivity contribution in [2.45, 2.75) is 70.9 Å². The Hall–Kier alpha value is -4.14. The Morgan fingerprint density at radius 1 is 0.907 bits per heavy atom. The van der Waals surface area contributed by atoms with Crippen LogP contribution in [0.5, 0.6) is 11.5 Å². The van der Waals surface area contributed by atoms with Crippen LogP contribution in [-0.2, 0) is 9.53 Å². The van der Waals surface area contributed by atoms with Crippen LogP contribution in [-0.4, -0.2) is 52.1 Å². The topological polar surface area (TPSA) is 91.6 Å². The van der Waals surface area contributed by atoms with E-state index in [4.69, 9.17) is 24.2 Å². The number of hydrogen-bond acceptors (Lipinski definition) is 8. The Morgan fingerprint density at radius 2 is 1.63 bits per heavy atom. The van der Waals surface area contributed by atoms with E-state index in [0.717, 1.165) is 77.4 Å². The lowest BCUT2D eigenvalue weighted by Crippen LogP contribution is -2.31. The lowest BCUT2D eigenvalue weighted by molar-refractivity contribution is -0.161. The van der Waals surface area contributed by atoms with E-state index < -0.39 is 5.60 Å². The van der Waals surface area contributed by atoms with Gasteiger partial charge in [0.1, 0.15) is 17.1 Å². The highest BCUT2D eigenvalue weighted by Gasteiger charge is 2.31. The molecule has 2 heterocycles. The highest BCUT2D eigenvalue weighted by Crippen LogP contribution is 2.39. The lowest BCUT2D eigenvalue weighted by atomic mass is 9.86. The molecule has 43 heavy (non-hydrogen) atoms. The van der Waals surface area contributed by atoms with Gasteiger partial charge >= 0.3 is 5.97 Å². The zero-order valence-corrected chi connectivity index (χ0v) is 25.7. The third kappa shape index (κ3) is 6.76. The molecule has 2 aliphatic carbocycles. The van der Waals surface area contributed by atoms with Crippen molar-refractivity contribution in [2.75, 3.05) is 25.7 Å². The molecule has 2 fully saturated rings. The molecule has 2 saturated carbocycles. The third-order valence-electron chi connectivity index (χ3n) is 8.33. The van der Waals surface area contributed by atoms with E-state index in [2.05, 4.69) is 28.3 Å². The minimum absolute atomic E-state index is 0.0383. The number of anilines is 2. The molecule has 0 saturated heterocycles. The highest BCUT2D eigenvalue weighted by molar-refractivity contribution is 5.82. The van der Waals surface area contributed by atoms with Gasteiger partial charge in [0.05, 0.1) is 55.3 Å². The first-order valence-corrected chi connectivity index (χ1v) is 15.2. The van der Waals surface area contributed by atoms with Crippen LogP contribution in [0, 0.1) is 11.8 Å². The first-order valence-electron chi connectivity index (χ1n) is 15.2. The maximum atomic E-state index is 12.5. The van der Waals surface area contributed by atoms with E-state index in [1.807, 2.05) is 62.1 Å². The van der Waals surface area contributed by atoms with Gasteiger partial charge in [-0.15, -0.1) is 0 Å². The van der Waals surface area contributed by atoms with Gasteiger partial charge in [-0.3, -0.25) is 14.5 Å². The zero-order chi connectivity index (χ0) is 30.1. The van der Waals surface area contributed by atoms with Crippen molar-refractivity contribution in [3.63, 3.8) is 0 Å². The van der Waals surface area contributed by atoms with E-state index in [1.54, 1.807) is 14.2 Å². The number of nitrogens with zero attached hydrogens (tertiary/aromatic N) is 5. The Bertz CT molecular complexity index is 1580. The molecule has 4 aromatic rings. The van der Waals surface area contributed by atoms with E-state index in [1.165, 1.54) is 12.8 Å². The molecule has 2 aromatic carbocycles. The SMILES string of the molecule is COc1cc(OC)cc(N(CC2CC2)c2ccc3ncc(-c4cnn(C5CCC(C(=O)OC(C)(C)C)CC5)c4)nc3c2)c1. The minimum Gasteiger partial charge on any atom is -0.497 e. The monoisotopic (exact) mass is 583 g/mol. The number of carbonyl (C=O) groups is 1. The molecule has 0 spiro atoms. The Balaban J connectivity index is 1.22.